The number of nitrogens with zero attached hydrogens (tertiary/aromatic N) is 3. The number of non-ortho nitro benzene ring substituents is 1. The highest BCUT2D eigenvalue weighted by atomic mass is 35.5. The molecule has 0 radical (unpaired) electrons. The van der Waals surface area contributed by atoms with Crippen molar-refractivity contribution in [2.45, 2.75) is 13.3 Å². The fraction of sp³-hybridized carbons (Fsp3) is 0.231. The second-order valence-electron chi connectivity index (χ2n) is 4.14. The Morgan fingerprint density at radius 3 is 2.90 bits per heavy atom. The molecule has 0 saturated heterocycles. The van der Waals surface area contributed by atoms with Gasteiger partial charge in [0.05, 0.1) is 16.0 Å². The van der Waals surface area contributed by atoms with E-state index >= 15 is 0 Å². The zero-order valence-electron chi connectivity index (χ0n) is 11.2. The molecule has 21 heavy (non-hydrogen) atoms. The first-order chi connectivity index (χ1) is 10.1. The van der Waals surface area contributed by atoms with Gasteiger partial charge in [0.2, 0.25) is 5.88 Å². The number of halogens is 1. The number of hydrogen-bond acceptors (Lipinski definition) is 6. The Kier molecular flexibility index (Phi) is 4.89. The number of hydrogen-bond donors (Lipinski definition) is 1. The largest absolute Gasteiger partial charge is 0.437 e. The van der Waals surface area contributed by atoms with Crippen LogP contribution in [-0.2, 0) is 0 Å². The maximum Gasteiger partial charge on any atom is 0.273 e. The molecule has 0 aliphatic heterocycles. The lowest BCUT2D eigenvalue weighted by Gasteiger charge is -2.08. The second kappa shape index (κ2) is 6.85. The molecule has 8 heteroatoms. The molecule has 0 spiro atoms. The number of nitro benzene ring substituents is 1. The first kappa shape index (κ1) is 15.0. The molecule has 0 aliphatic rings. The average Bonchev–Trinajstić information content (AvgIpc) is 2.47. The van der Waals surface area contributed by atoms with Gasteiger partial charge in [-0.1, -0.05) is 18.5 Å². The molecule has 1 heterocycles. The first-order valence-electron chi connectivity index (χ1n) is 6.28. The third-order valence-electron chi connectivity index (χ3n) is 2.54. The maximum atomic E-state index is 10.8. The van der Waals surface area contributed by atoms with Gasteiger partial charge in [-0.15, -0.1) is 0 Å². The highest BCUT2D eigenvalue weighted by molar-refractivity contribution is 6.32. The number of rotatable bonds is 6. The highest BCUT2D eigenvalue weighted by Gasteiger charge is 2.12. The van der Waals surface area contributed by atoms with E-state index in [0.29, 0.717) is 5.82 Å². The predicted octanol–water partition coefficient (Wildman–Crippen LogP) is 3.65. The van der Waals surface area contributed by atoms with E-state index in [0.717, 1.165) is 13.0 Å². The van der Waals surface area contributed by atoms with Gasteiger partial charge >= 0.3 is 0 Å². The minimum absolute atomic E-state index is 0.104. The van der Waals surface area contributed by atoms with Crippen LogP contribution in [0.25, 0.3) is 0 Å². The van der Waals surface area contributed by atoms with Crippen molar-refractivity contribution < 1.29 is 9.66 Å². The van der Waals surface area contributed by atoms with Crippen LogP contribution in [0.15, 0.2) is 30.6 Å². The Labute approximate surface area is 126 Å². The van der Waals surface area contributed by atoms with Crippen LogP contribution in [0, 0.1) is 10.1 Å². The number of aromatic nitrogens is 2. The van der Waals surface area contributed by atoms with Crippen molar-refractivity contribution in [3.8, 4) is 11.6 Å². The summed E-state index contributed by atoms with van der Waals surface area (Å²) in [6, 6.07) is 5.57. The van der Waals surface area contributed by atoms with Gasteiger partial charge in [-0.05, 0) is 12.5 Å². The Morgan fingerprint density at radius 1 is 1.38 bits per heavy atom. The lowest BCUT2D eigenvalue weighted by Crippen LogP contribution is -2.02. The molecule has 0 bridgehead atoms. The lowest BCUT2D eigenvalue weighted by atomic mass is 10.3. The van der Waals surface area contributed by atoms with Crippen LogP contribution in [0.1, 0.15) is 13.3 Å². The van der Waals surface area contributed by atoms with Gasteiger partial charge in [-0.25, -0.2) is 9.97 Å². The molecule has 2 aromatic rings. The van der Waals surface area contributed by atoms with Gasteiger partial charge in [0.25, 0.3) is 5.69 Å². The zero-order chi connectivity index (χ0) is 15.2. The third kappa shape index (κ3) is 4.03. The Morgan fingerprint density at radius 2 is 2.19 bits per heavy atom. The van der Waals surface area contributed by atoms with Crippen molar-refractivity contribution in [3.63, 3.8) is 0 Å². The van der Waals surface area contributed by atoms with Crippen LogP contribution >= 0.6 is 11.6 Å². The monoisotopic (exact) mass is 308 g/mol. The van der Waals surface area contributed by atoms with Crippen LogP contribution in [0.4, 0.5) is 11.5 Å². The summed E-state index contributed by atoms with van der Waals surface area (Å²) in [4.78, 5) is 18.2. The Hall–Kier alpha value is -2.41. The molecule has 0 fully saturated rings. The minimum atomic E-state index is -0.516. The lowest BCUT2D eigenvalue weighted by molar-refractivity contribution is -0.384. The van der Waals surface area contributed by atoms with Gasteiger partial charge in [-0.2, -0.15) is 0 Å². The summed E-state index contributed by atoms with van der Waals surface area (Å²) >= 11 is 5.97. The number of ether oxygens (including phenoxy) is 1. The number of nitrogens with one attached hydrogen (secondary N) is 1. The van der Waals surface area contributed by atoms with Crippen LogP contribution < -0.4 is 10.1 Å². The molecule has 0 unspecified atom stereocenters. The van der Waals surface area contributed by atoms with Gasteiger partial charge in [-0.3, -0.25) is 10.1 Å². The SMILES string of the molecule is CCCNc1cc(Oc2cc([N+](=O)[O-])ccc2Cl)ncn1. The normalized spacial score (nSPS) is 10.2. The summed E-state index contributed by atoms with van der Waals surface area (Å²) in [6.07, 6.45) is 2.30. The molecule has 110 valence electrons. The standard InChI is InChI=1S/C13H13ClN4O3/c1-2-5-15-12-7-13(17-8-16-12)21-11-6-9(18(19)20)3-4-10(11)14/h3-4,6-8H,2,5H2,1H3,(H,15,16,17). The molecule has 1 N–H and O–H groups in total. The van der Waals surface area contributed by atoms with Gasteiger partial charge in [0, 0.05) is 18.7 Å². The van der Waals surface area contributed by atoms with Crippen molar-refractivity contribution in [1.29, 1.82) is 0 Å². The summed E-state index contributed by atoms with van der Waals surface area (Å²) in [6.45, 7) is 2.81. The summed E-state index contributed by atoms with van der Waals surface area (Å²) in [7, 11) is 0. The summed E-state index contributed by atoms with van der Waals surface area (Å²) in [5.41, 5.74) is -0.104. The van der Waals surface area contributed by atoms with Crippen molar-refractivity contribution in [2.75, 3.05) is 11.9 Å². The van der Waals surface area contributed by atoms with E-state index in [4.69, 9.17) is 16.3 Å². The molecule has 0 amide bonds. The Bertz CT molecular complexity index is 651. The van der Waals surface area contributed by atoms with Crippen molar-refractivity contribution >= 4 is 23.1 Å². The van der Waals surface area contributed by atoms with Gasteiger partial charge in [0.15, 0.2) is 5.75 Å². The fourth-order valence-corrected chi connectivity index (χ4v) is 1.70. The summed E-state index contributed by atoms with van der Waals surface area (Å²) in [5, 5.41) is 14.1. The van der Waals surface area contributed by atoms with E-state index in [2.05, 4.69) is 15.3 Å². The van der Waals surface area contributed by atoms with Crippen LogP contribution in [0.3, 0.4) is 0 Å². The van der Waals surface area contributed by atoms with Crippen LogP contribution in [0.5, 0.6) is 11.6 Å². The summed E-state index contributed by atoms with van der Waals surface area (Å²) in [5.74, 6) is 1.04. The predicted molar refractivity (Wildman–Crippen MR) is 79.0 cm³/mol. The molecule has 2 rings (SSSR count). The first-order valence-corrected chi connectivity index (χ1v) is 6.65. The third-order valence-corrected chi connectivity index (χ3v) is 2.85. The van der Waals surface area contributed by atoms with Crippen molar-refractivity contribution in [2.24, 2.45) is 0 Å². The number of anilines is 1. The maximum absolute atomic E-state index is 10.8. The second-order valence-corrected chi connectivity index (χ2v) is 4.55. The zero-order valence-corrected chi connectivity index (χ0v) is 12.0. The number of benzene rings is 1. The minimum Gasteiger partial charge on any atom is -0.437 e. The van der Waals surface area contributed by atoms with E-state index in [-0.39, 0.29) is 22.3 Å². The topological polar surface area (TPSA) is 90.2 Å². The van der Waals surface area contributed by atoms with Crippen molar-refractivity contribution in [3.05, 3.63) is 45.7 Å². The van der Waals surface area contributed by atoms with Crippen molar-refractivity contribution in [1.82, 2.24) is 9.97 Å². The molecule has 0 aliphatic carbocycles. The Balaban J connectivity index is 2.21. The van der Waals surface area contributed by atoms with Crippen LogP contribution in [0.2, 0.25) is 5.02 Å². The number of nitro groups is 1. The molecule has 1 aromatic carbocycles. The van der Waals surface area contributed by atoms with Crippen LogP contribution in [-0.4, -0.2) is 21.4 Å². The molecule has 0 atom stereocenters. The molecular weight excluding hydrogens is 296 g/mol. The average molecular weight is 309 g/mol. The summed E-state index contributed by atoms with van der Waals surface area (Å²) < 4.78 is 5.49. The molecular formula is C13H13ClN4O3. The van der Waals surface area contributed by atoms with Gasteiger partial charge in [0.1, 0.15) is 12.1 Å². The fourth-order valence-electron chi connectivity index (χ4n) is 1.54. The molecule has 7 nitrogen and oxygen atoms in total. The highest BCUT2D eigenvalue weighted by Crippen LogP contribution is 2.32. The van der Waals surface area contributed by atoms with E-state index in [1.165, 1.54) is 24.5 Å². The quantitative estimate of drug-likeness (QED) is 0.647. The molecule has 0 saturated carbocycles. The van der Waals surface area contributed by atoms with E-state index in [1.807, 2.05) is 6.92 Å². The van der Waals surface area contributed by atoms with E-state index < -0.39 is 4.92 Å². The van der Waals surface area contributed by atoms with E-state index in [9.17, 15) is 10.1 Å². The smallest absolute Gasteiger partial charge is 0.273 e. The molecule has 1 aromatic heterocycles. The van der Waals surface area contributed by atoms with Gasteiger partial charge < -0.3 is 10.1 Å². The van der Waals surface area contributed by atoms with E-state index in [1.54, 1.807) is 6.07 Å².